The summed E-state index contributed by atoms with van der Waals surface area (Å²) >= 11 is 3.40. The van der Waals surface area contributed by atoms with Crippen molar-refractivity contribution in [1.29, 1.82) is 0 Å². The van der Waals surface area contributed by atoms with Crippen LogP contribution < -0.4 is 0 Å². The lowest BCUT2D eigenvalue weighted by Crippen LogP contribution is -2.34. The maximum absolute atomic E-state index is 11.8. The van der Waals surface area contributed by atoms with Crippen molar-refractivity contribution in [3.63, 3.8) is 0 Å². The van der Waals surface area contributed by atoms with E-state index in [1.54, 1.807) is 0 Å². The Labute approximate surface area is 163 Å². The van der Waals surface area contributed by atoms with E-state index < -0.39 is 6.09 Å². The molecule has 0 aliphatic carbocycles. The fourth-order valence-electron chi connectivity index (χ4n) is 3.14. The van der Waals surface area contributed by atoms with Crippen LogP contribution in [0.3, 0.4) is 0 Å². The number of nitrogens with zero attached hydrogens (tertiary/aromatic N) is 1. The minimum Gasteiger partial charge on any atom is -0.465 e. The maximum Gasteiger partial charge on any atom is 0.407 e. The van der Waals surface area contributed by atoms with Gasteiger partial charge in [-0.2, -0.15) is 0 Å². The third-order valence-electron chi connectivity index (χ3n) is 4.69. The third-order valence-corrected chi connectivity index (χ3v) is 5.22. The molecule has 0 saturated carbocycles. The molecule has 0 aliphatic rings. The first-order valence-electron chi connectivity index (χ1n) is 8.76. The Balaban J connectivity index is 2.10. The average molecular weight is 418 g/mol. The molecular weight excluding hydrogens is 394 g/mol. The van der Waals surface area contributed by atoms with E-state index in [-0.39, 0.29) is 12.0 Å². The van der Waals surface area contributed by atoms with Crippen molar-refractivity contribution in [1.82, 2.24) is 4.90 Å². The van der Waals surface area contributed by atoms with Gasteiger partial charge >= 0.3 is 6.09 Å². The van der Waals surface area contributed by atoms with E-state index in [0.29, 0.717) is 19.4 Å². The van der Waals surface area contributed by atoms with Gasteiger partial charge in [-0.3, -0.25) is 0 Å². The number of rotatable bonds is 9. The number of hydrogen-bond donors (Lipinski definition) is 1. The summed E-state index contributed by atoms with van der Waals surface area (Å²) in [5.74, 6) is 0.167. The maximum atomic E-state index is 11.8. The predicted molar refractivity (Wildman–Crippen MR) is 106 cm³/mol. The van der Waals surface area contributed by atoms with Gasteiger partial charge in [0.25, 0.3) is 0 Å². The highest BCUT2D eigenvalue weighted by molar-refractivity contribution is 9.10. The molecule has 4 nitrogen and oxygen atoms in total. The van der Waals surface area contributed by atoms with Crippen LogP contribution in [0.25, 0.3) is 0 Å². The number of halogens is 1. The van der Waals surface area contributed by atoms with E-state index in [1.807, 2.05) is 61.5 Å². The lowest BCUT2D eigenvalue weighted by Gasteiger charge is -2.29. The summed E-state index contributed by atoms with van der Waals surface area (Å²) in [6.45, 7) is 2.32. The molecule has 5 heteroatoms. The zero-order valence-electron chi connectivity index (χ0n) is 14.8. The van der Waals surface area contributed by atoms with Crippen LogP contribution in [-0.2, 0) is 4.79 Å². The van der Waals surface area contributed by atoms with E-state index in [2.05, 4.69) is 15.9 Å². The molecule has 0 saturated heterocycles. The van der Waals surface area contributed by atoms with Crippen LogP contribution >= 0.6 is 15.9 Å². The van der Waals surface area contributed by atoms with Gasteiger partial charge in [-0.1, -0.05) is 58.4 Å². The number of amides is 1. The van der Waals surface area contributed by atoms with Crippen LogP contribution in [0.15, 0.2) is 59.1 Å². The summed E-state index contributed by atoms with van der Waals surface area (Å²) < 4.78 is 0.966. The smallest absolute Gasteiger partial charge is 0.407 e. The first kappa shape index (κ1) is 20.2. The highest BCUT2D eigenvalue weighted by Crippen LogP contribution is 2.28. The number of hydrogen-bond acceptors (Lipinski definition) is 2. The van der Waals surface area contributed by atoms with Crippen molar-refractivity contribution >= 4 is 28.3 Å². The molecule has 0 heterocycles. The van der Waals surface area contributed by atoms with Gasteiger partial charge in [0, 0.05) is 17.4 Å². The molecule has 0 aliphatic heterocycles. The van der Waals surface area contributed by atoms with Crippen molar-refractivity contribution in [3.05, 3.63) is 70.2 Å². The van der Waals surface area contributed by atoms with E-state index in [0.717, 1.165) is 28.3 Å². The van der Waals surface area contributed by atoms with Crippen LogP contribution in [0.4, 0.5) is 4.79 Å². The van der Waals surface area contributed by atoms with Crippen molar-refractivity contribution in [2.24, 2.45) is 0 Å². The second kappa shape index (κ2) is 10.1. The van der Waals surface area contributed by atoms with Crippen molar-refractivity contribution in [2.45, 2.75) is 38.1 Å². The Morgan fingerprint density at radius 1 is 1.08 bits per heavy atom. The molecule has 2 aromatic carbocycles. The molecule has 0 bridgehead atoms. The average Bonchev–Trinajstić information content (AvgIpc) is 2.65. The van der Waals surface area contributed by atoms with E-state index in [4.69, 9.17) is 0 Å². The summed E-state index contributed by atoms with van der Waals surface area (Å²) in [5, 5.41) is 9.68. The van der Waals surface area contributed by atoms with Gasteiger partial charge in [0.15, 0.2) is 0 Å². The first-order chi connectivity index (χ1) is 12.5. The van der Waals surface area contributed by atoms with E-state index in [1.165, 1.54) is 4.90 Å². The molecule has 0 unspecified atom stereocenters. The SMILES string of the molecule is C[C@@H](c1ccc(Br)cc1)N(CC[C@H](CCC=O)c1ccccc1)C(=O)O. The van der Waals surface area contributed by atoms with Gasteiger partial charge in [-0.25, -0.2) is 4.79 Å². The predicted octanol–water partition coefficient (Wildman–Crippen LogP) is 5.64. The molecule has 2 rings (SSSR count). The highest BCUT2D eigenvalue weighted by Gasteiger charge is 2.22. The summed E-state index contributed by atoms with van der Waals surface area (Å²) in [5.41, 5.74) is 2.11. The molecule has 1 N–H and O–H groups in total. The largest absolute Gasteiger partial charge is 0.465 e. The monoisotopic (exact) mass is 417 g/mol. The second-order valence-corrected chi connectivity index (χ2v) is 7.26. The molecule has 0 spiro atoms. The Morgan fingerprint density at radius 2 is 1.73 bits per heavy atom. The number of carbonyl (C=O) groups excluding carboxylic acids is 1. The van der Waals surface area contributed by atoms with Crippen LogP contribution in [0.1, 0.15) is 49.3 Å². The Bertz CT molecular complexity index is 703. The standard InChI is InChI=1S/C21H24BrNO3/c1-16(17-9-11-20(22)12-10-17)23(21(25)26)14-13-19(8-5-15-24)18-6-3-2-4-7-18/h2-4,6-7,9-12,15-16,19H,5,8,13-14H2,1H3,(H,25,26)/t16-,19-/m0/s1. The number of carboxylic acid groups (broad SMARTS) is 1. The Morgan fingerprint density at radius 3 is 2.31 bits per heavy atom. The Hall–Kier alpha value is -2.14. The molecule has 1 amide bonds. The number of aldehydes is 1. The molecule has 0 radical (unpaired) electrons. The summed E-state index contributed by atoms with van der Waals surface area (Å²) in [7, 11) is 0. The minimum absolute atomic E-state index is 0.167. The fraction of sp³-hybridized carbons (Fsp3) is 0.333. The van der Waals surface area contributed by atoms with Gasteiger partial charge in [0.2, 0.25) is 0 Å². The Kier molecular flexibility index (Phi) is 7.85. The second-order valence-electron chi connectivity index (χ2n) is 6.34. The highest BCUT2D eigenvalue weighted by atomic mass is 79.9. The lowest BCUT2D eigenvalue weighted by molar-refractivity contribution is -0.108. The summed E-state index contributed by atoms with van der Waals surface area (Å²) in [6.07, 6.45) is 1.89. The number of carbonyl (C=O) groups is 2. The van der Waals surface area contributed by atoms with Gasteiger partial charge in [0.1, 0.15) is 6.29 Å². The number of benzene rings is 2. The van der Waals surface area contributed by atoms with Crippen molar-refractivity contribution in [2.75, 3.05) is 6.54 Å². The van der Waals surface area contributed by atoms with Crippen LogP contribution in [0.5, 0.6) is 0 Å². The zero-order chi connectivity index (χ0) is 18.9. The molecule has 138 valence electrons. The minimum atomic E-state index is -0.928. The summed E-state index contributed by atoms with van der Waals surface area (Å²) in [4.78, 5) is 24.1. The third kappa shape index (κ3) is 5.70. The van der Waals surface area contributed by atoms with Gasteiger partial charge in [-0.15, -0.1) is 0 Å². The van der Waals surface area contributed by atoms with Gasteiger partial charge in [0.05, 0.1) is 6.04 Å². The lowest BCUT2D eigenvalue weighted by atomic mass is 9.91. The topological polar surface area (TPSA) is 57.6 Å². The molecule has 0 aromatic heterocycles. The quantitative estimate of drug-likeness (QED) is 0.536. The first-order valence-corrected chi connectivity index (χ1v) is 9.55. The van der Waals surface area contributed by atoms with Crippen LogP contribution in [0.2, 0.25) is 0 Å². The summed E-state index contributed by atoms with van der Waals surface area (Å²) in [6, 6.07) is 17.5. The van der Waals surface area contributed by atoms with Crippen LogP contribution in [-0.4, -0.2) is 28.9 Å². The van der Waals surface area contributed by atoms with Crippen LogP contribution in [0, 0.1) is 0 Å². The molecule has 2 aromatic rings. The van der Waals surface area contributed by atoms with Gasteiger partial charge in [-0.05, 0) is 48.9 Å². The molecule has 0 fully saturated rings. The molecule has 2 atom stereocenters. The van der Waals surface area contributed by atoms with Gasteiger partial charge < -0.3 is 14.8 Å². The molecular formula is C21H24BrNO3. The van der Waals surface area contributed by atoms with E-state index >= 15 is 0 Å². The fourth-order valence-corrected chi connectivity index (χ4v) is 3.41. The van der Waals surface area contributed by atoms with E-state index in [9.17, 15) is 14.7 Å². The molecule has 26 heavy (non-hydrogen) atoms. The normalized spacial score (nSPS) is 13.0. The van der Waals surface area contributed by atoms with Crippen molar-refractivity contribution in [3.8, 4) is 0 Å². The van der Waals surface area contributed by atoms with Crippen molar-refractivity contribution < 1.29 is 14.7 Å². The zero-order valence-corrected chi connectivity index (χ0v) is 16.4.